The van der Waals surface area contributed by atoms with Crippen molar-refractivity contribution in [3.63, 3.8) is 0 Å². The molecule has 3 atom stereocenters. The molecule has 10 heteroatoms. The number of nitrogens with one attached hydrogen (secondary N) is 1. The van der Waals surface area contributed by atoms with Crippen molar-refractivity contribution in [2.45, 2.75) is 44.2 Å². The number of carbonyl (C=O) groups excluding carboxylic acids is 1. The summed E-state index contributed by atoms with van der Waals surface area (Å²) in [5.41, 5.74) is 0. The van der Waals surface area contributed by atoms with Gasteiger partial charge in [0.2, 0.25) is 10.0 Å². The fourth-order valence-electron chi connectivity index (χ4n) is 3.14. The third-order valence-electron chi connectivity index (χ3n) is 4.96. The van der Waals surface area contributed by atoms with Gasteiger partial charge in [-0.15, -0.1) is 0 Å². The number of hydrogen-bond donors (Lipinski definition) is 2. The fourth-order valence-corrected chi connectivity index (χ4v) is 5.30. The van der Waals surface area contributed by atoms with Gasteiger partial charge in [0, 0.05) is 36.6 Å². The predicted octanol–water partition coefficient (Wildman–Crippen LogP) is 2.27. The summed E-state index contributed by atoms with van der Waals surface area (Å²) in [6.07, 6.45) is 0.410. The highest BCUT2D eigenvalue weighted by Crippen LogP contribution is 2.35. The molecule has 1 aliphatic rings. The van der Waals surface area contributed by atoms with Gasteiger partial charge < -0.3 is 20.1 Å². The van der Waals surface area contributed by atoms with Gasteiger partial charge in [-0.1, -0.05) is 29.8 Å². The van der Waals surface area contributed by atoms with Gasteiger partial charge in [0.1, 0.15) is 16.7 Å². The van der Waals surface area contributed by atoms with Crippen LogP contribution in [0.4, 0.5) is 4.79 Å². The summed E-state index contributed by atoms with van der Waals surface area (Å²) >= 11 is 3.37. The van der Waals surface area contributed by atoms with Gasteiger partial charge in [-0.3, -0.25) is 0 Å². The summed E-state index contributed by atoms with van der Waals surface area (Å²) in [5.74, 6) is 0.0146. The van der Waals surface area contributed by atoms with Crippen molar-refractivity contribution in [3.8, 4) is 5.75 Å². The lowest BCUT2D eigenvalue weighted by Gasteiger charge is -2.37. The first-order chi connectivity index (χ1) is 13.6. The second-order valence-corrected chi connectivity index (χ2v) is 10.2. The number of carbonyl (C=O) groups is 1. The molecule has 164 valence electrons. The molecule has 2 rings (SSSR count). The Morgan fingerprint density at radius 2 is 2.17 bits per heavy atom. The number of sulfonamides is 1. The number of nitrogens with zero attached hydrogens (tertiary/aromatic N) is 2. The molecule has 29 heavy (non-hydrogen) atoms. The van der Waals surface area contributed by atoms with E-state index in [1.54, 1.807) is 31.0 Å². The Balaban J connectivity index is 2.41. The van der Waals surface area contributed by atoms with Crippen molar-refractivity contribution in [3.05, 3.63) is 22.7 Å². The number of likely N-dealkylation sites (N-methyl/N-ethyl adjacent to an activating group) is 1. The number of fused-ring (bicyclic) bond motifs is 1. The van der Waals surface area contributed by atoms with Crippen LogP contribution in [0.5, 0.6) is 5.75 Å². The van der Waals surface area contributed by atoms with E-state index in [1.807, 2.05) is 13.8 Å². The Morgan fingerprint density at radius 3 is 2.79 bits per heavy atom. The molecule has 0 spiro atoms. The largest absolute Gasteiger partial charge is 0.487 e. The van der Waals surface area contributed by atoms with Crippen molar-refractivity contribution < 1.29 is 23.1 Å². The molecule has 8 nitrogen and oxygen atoms in total. The minimum Gasteiger partial charge on any atom is -0.487 e. The van der Waals surface area contributed by atoms with Crippen molar-refractivity contribution in [2.24, 2.45) is 5.92 Å². The van der Waals surface area contributed by atoms with E-state index in [0.717, 1.165) is 6.42 Å². The van der Waals surface area contributed by atoms with E-state index in [-0.39, 0.29) is 35.7 Å². The lowest BCUT2D eigenvalue weighted by Crippen LogP contribution is -2.51. The molecule has 1 aromatic rings. The van der Waals surface area contributed by atoms with E-state index < -0.39 is 22.2 Å². The van der Waals surface area contributed by atoms with E-state index in [0.29, 0.717) is 17.6 Å². The van der Waals surface area contributed by atoms with E-state index >= 15 is 0 Å². The summed E-state index contributed by atoms with van der Waals surface area (Å²) in [5, 5.41) is 12.4. The lowest BCUT2D eigenvalue weighted by molar-refractivity contribution is 0.0812. The average Bonchev–Trinajstić information content (AvgIpc) is 2.67. The number of amides is 2. The Hall–Kier alpha value is -1.36. The van der Waals surface area contributed by atoms with Crippen LogP contribution in [-0.2, 0) is 10.0 Å². The summed E-state index contributed by atoms with van der Waals surface area (Å²) in [6, 6.07) is 3.98. The molecule has 0 fully saturated rings. The van der Waals surface area contributed by atoms with E-state index in [9.17, 15) is 18.3 Å². The van der Waals surface area contributed by atoms with Crippen molar-refractivity contribution in [1.82, 2.24) is 14.5 Å². The van der Waals surface area contributed by atoms with Crippen molar-refractivity contribution in [1.29, 1.82) is 0 Å². The molecule has 0 aliphatic carbocycles. The standard InChI is InChI=1S/C19H30BrN3O5S/c1-5-8-21-19(25)22(4)11-17-13(2)10-23(14(3)12-24)29(26,27)18-7-6-15(20)9-16(18)28-17/h6-7,9,13-14,17,24H,5,8,10-12H2,1-4H3,(H,21,25)/t13-,14+,17-/m1/s1. The van der Waals surface area contributed by atoms with Gasteiger partial charge in [0.05, 0.1) is 13.2 Å². The maximum atomic E-state index is 13.2. The Bertz CT molecular complexity index is 820. The number of aliphatic hydroxyl groups is 1. The summed E-state index contributed by atoms with van der Waals surface area (Å²) in [7, 11) is -2.16. The lowest BCUT2D eigenvalue weighted by atomic mass is 10.0. The van der Waals surface area contributed by atoms with Crippen molar-refractivity contribution >= 4 is 32.0 Å². The molecule has 1 aliphatic heterocycles. The molecule has 0 saturated heterocycles. The van der Waals surface area contributed by atoms with Gasteiger partial charge >= 0.3 is 6.03 Å². The van der Waals surface area contributed by atoms with Crippen LogP contribution in [0.3, 0.4) is 0 Å². The molecule has 0 bridgehead atoms. The van der Waals surface area contributed by atoms with E-state index in [4.69, 9.17) is 4.74 Å². The van der Waals surface area contributed by atoms with Crippen LogP contribution in [0.1, 0.15) is 27.2 Å². The van der Waals surface area contributed by atoms with Crippen LogP contribution >= 0.6 is 15.9 Å². The number of halogens is 1. The minimum absolute atomic E-state index is 0.0518. The van der Waals surface area contributed by atoms with Gasteiger partial charge in [0.15, 0.2) is 0 Å². The monoisotopic (exact) mass is 491 g/mol. The van der Waals surface area contributed by atoms with Gasteiger partial charge in [-0.05, 0) is 31.5 Å². The molecule has 1 heterocycles. The first-order valence-corrected chi connectivity index (χ1v) is 11.9. The van der Waals surface area contributed by atoms with Crippen LogP contribution in [0.2, 0.25) is 0 Å². The zero-order valence-corrected chi connectivity index (χ0v) is 19.7. The number of rotatable bonds is 6. The number of hydrogen-bond acceptors (Lipinski definition) is 5. The number of benzene rings is 1. The van der Waals surface area contributed by atoms with Gasteiger partial charge in [-0.2, -0.15) is 4.31 Å². The second kappa shape index (κ2) is 10.1. The summed E-state index contributed by atoms with van der Waals surface area (Å²) in [6.45, 7) is 6.30. The molecule has 0 unspecified atom stereocenters. The molecule has 1 aromatic carbocycles. The molecule has 0 aromatic heterocycles. The quantitative estimate of drug-likeness (QED) is 0.635. The summed E-state index contributed by atoms with van der Waals surface area (Å²) in [4.78, 5) is 13.9. The molecular formula is C19H30BrN3O5S. The maximum Gasteiger partial charge on any atom is 0.317 e. The minimum atomic E-state index is -3.85. The first kappa shape index (κ1) is 23.9. The van der Waals surface area contributed by atoms with Crippen LogP contribution in [-0.4, -0.2) is 74.2 Å². The molecule has 2 N–H and O–H groups in total. The highest BCUT2D eigenvalue weighted by atomic mass is 79.9. The normalized spacial score (nSPS) is 22.6. The van der Waals surface area contributed by atoms with Crippen LogP contribution in [0.15, 0.2) is 27.6 Å². The third kappa shape index (κ3) is 5.62. The molecule has 0 saturated carbocycles. The molecule has 0 radical (unpaired) electrons. The predicted molar refractivity (Wildman–Crippen MR) is 114 cm³/mol. The van der Waals surface area contributed by atoms with Crippen LogP contribution in [0.25, 0.3) is 0 Å². The Kier molecular flexibility index (Phi) is 8.33. The average molecular weight is 492 g/mol. The van der Waals surface area contributed by atoms with E-state index in [1.165, 1.54) is 10.4 Å². The number of ether oxygens (including phenoxy) is 1. The SMILES string of the molecule is CCCNC(=O)N(C)C[C@H]1Oc2cc(Br)ccc2S(=O)(=O)N([C@@H](C)CO)C[C@H]1C. The second-order valence-electron chi connectivity index (χ2n) is 7.44. The van der Waals surface area contributed by atoms with Gasteiger partial charge in [0.25, 0.3) is 0 Å². The van der Waals surface area contributed by atoms with Crippen molar-refractivity contribution in [2.75, 3.05) is 33.3 Å². The fraction of sp³-hybridized carbons (Fsp3) is 0.632. The third-order valence-corrected chi connectivity index (χ3v) is 7.47. The van der Waals surface area contributed by atoms with E-state index in [2.05, 4.69) is 21.2 Å². The molecular weight excluding hydrogens is 462 g/mol. The smallest absolute Gasteiger partial charge is 0.317 e. The van der Waals surface area contributed by atoms with Crippen LogP contribution in [0, 0.1) is 5.92 Å². The highest BCUT2D eigenvalue weighted by molar-refractivity contribution is 9.10. The van der Waals surface area contributed by atoms with Crippen LogP contribution < -0.4 is 10.1 Å². The van der Waals surface area contributed by atoms with Gasteiger partial charge in [-0.25, -0.2) is 13.2 Å². The first-order valence-electron chi connectivity index (χ1n) is 9.69. The zero-order chi connectivity index (χ0) is 21.8. The summed E-state index contributed by atoms with van der Waals surface area (Å²) < 4.78 is 34.6. The highest BCUT2D eigenvalue weighted by Gasteiger charge is 2.38. The number of aliphatic hydroxyl groups excluding tert-OH is 1. The molecule has 2 amide bonds. The Labute approximate surface area is 181 Å². The topological polar surface area (TPSA) is 99.2 Å². The number of urea groups is 1. The zero-order valence-electron chi connectivity index (χ0n) is 17.3. The maximum absolute atomic E-state index is 13.2. The Morgan fingerprint density at radius 1 is 1.48 bits per heavy atom.